The number of carbonyl (C=O) groups is 1. The molecule has 0 N–H and O–H groups in total. The topological polar surface area (TPSA) is 55.3 Å². The Morgan fingerprint density at radius 1 is 1.32 bits per heavy atom. The van der Waals surface area contributed by atoms with Crippen LogP contribution in [0, 0.1) is 5.92 Å². The summed E-state index contributed by atoms with van der Waals surface area (Å²) in [5.74, 6) is 0.926. The van der Waals surface area contributed by atoms with Gasteiger partial charge in [0.15, 0.2) is 0 Å². The van der Waals surface area contributed by atoms with Crippen molar-refractivity contribution in [1.82, 2.24) is 14.9 Å². The first-order valence-electron chi connectivity index (χ1n) is 8.45. The maximum absolute atomic E-state index is 12.6. The summed E-state index contributed by atoms with van der Waals surface area (Å²) >= 11 is 0. The lowest BCUT2D eigenvalue weighted by molar-refractivity contribution is -0.141. The highest BCUT2D eigenvalue weighted by molar-refractivity contribution is 5.77. The first-order chi connectivity index (χ1) is 10.8. The highest BCUT2D eigenvalue weighted by Gasteiger charge is 2.29. The number of nitrogens with zero attached hydrogens (tertiary/aromatic N) is 3. The minimum absolute atomic E-state index is 0.185. The van der Waals surface area contributed by atoms with Crippen LogP contribution in [0.1, 0.15) is 44.2 Å². The largest absolute Gasteiger partial charge is 0.377 e. The van der Waals surface area contributed by atoms with Crippen molar-refractivity contribution in [3.05, 3.63) is 24.3 Å². The number of hydrogen-bond acceptors (Lipinski definition) is 4. The Hall–Kier alpha value is -1.49. The van der Waals surface area contributed by atoms with Gasteiger partial charge in [0.05, 0.1) is 24.9 Å². The van der Waals surface area contributed by atoms with Gasteiger partial charge in [0.1, 0.15) is 0 Å². The second-order valence-corrected chi connectivity index (χ2v) is 6.41. The zero-order valence-electron chi connectivity index (χ0n) is 13.1. The van der Waals surface area contributed by atoms with E-state index in [0.29, 0.717) is 25.0 Å². The van der Waals surface area contributed by atoms with Crippen LogP contribution in [0.5, 0.6) is 0 Å². The van der Waals surface area contributed by atoms with Crippen LogP contribution in [0.15, 0.2) is 18.6 Å². The molecule has 0 radical (unpaired) electrons. The van der Waals surface area contributed by atoms with Crippen molar-refractivity contribution in [3.8, 4) is 0 Å². The molecular formula is C17H25N3O2. The van der Waals surface area contributed by atoms with Crippen molar-refractivity contribution in [2.75, 3.05) is 19.8 Å². The van der Waals surface area contributed by atoms with Gasteiger partial charge in [-0.1, -0.05) is 12.8 Å². The number of amides is 1. The molecule has 1 aliphatic heterocycles. The van der Waals surface area contributed by atoms with Gasteiger partial charge in [-0.15, -0.1) is 0 Å². The molecule has 5 heteroatoms. The minimum Gasteiger partial charge on any atom is -0.377 e. The predicted molar refractivity (Wildman–Crippen MR) is 83.2 cm³/mol. The maximum Gasteiger partial charge on any atom is 0.223 e. The summed E-state index contributed by atoms with van der Waals surface area (Å²) in [5.41, 5.74) is 0.983. The van der Waals surface area contributed by atoms with Crippen LogP contribution < -0.4 is 0 Å². The lowest BCUT2D eigenvalue weighted by Gasteiger charge is -2.36. The van der Waals surface area contributed by atoms with Crippen LogP contribution in [-0.4, -0.2) is 46.6 Å². The van der Waals surface area contributed by atoms with E-state index in [1.54, 1.807) is 18.6 Å². The SMILES string of the molecule is O=C(CC1CCCC1)N1CCOCC1CCc1cnccn1. The van der Waals surface area contributed by atoms with Gasteiger partial charge in [0, 0.05) is 31.6 Å². The van der Waals surface area contributed by atoms with E-state index < -0.39 is 0 Å². The fourth-order valence-electron chi connectivity index (χ4n) is 3.57. The van der Waals surface area contributed by atoms with E-state index in [0.717, 1.165) is 31.5 Å². The van der Waals surface area contributed by atoms with Gasteiger partial charge >= 0.3 is 0 Å². The molecule has 0 aromatic carbocycles. The highest BCUT2D eigenvalue weighted by atomic mass is 16.5. The summed E-state index contributed by atoms with van der Waals surface area (Å²) in [6.45, 7) is 2.05. The van der Waals surface area contributed by atoms with Gasteiger partial charge in [-0.3, -0.25) is 14.8 Å². The first kappa shape index (κ1) is 15.4. The molecule has 1 atom stereocenters. The monoisotopic (exact) mass is 303 g/mol. The molecule has 1 saturated heterocycles. The van der Waals surface area contributed by atoms with Gasteiger partial charge < -0.3 is 9.64 Å². The van der Waals surface area contributed by atoms with Gasteiger partial charge in [-0.25, -0.2) is 0 Å². The second kappa shape index (κ2) is 7.68. The molecule has 0 bridgehead atoms. The number of rotatable bonds is 5. The zero-order valence-corrected chi connectivity index (χ0v) is 13.1. The Morgan fingerprint density at radius 3 is 2.95 bits per heavy atom. The zero-order chi connectivity index (χ0) is 15.2. The number of aromatic nitrogens is 2. The average molecular weight is 303 g/mol. The number of ether oxygens (including phenoxy) is 1. The van der Waals surface area contributed by atoms with Crippen LogP contribution in [0.3, 0.4) is 0 Å². The van der Waals surface area contributed by atoms with Crippen molar-refractivity contribution >= 4 is 5.91 Å². The van der Waals surface area contributed by atoms with Crippen LogP contribution >= 0.6 is 0 Å². The van der Waals surface area contributed by atoms with Crippen molar-refractivity contribution < 1.29 is 9.53 Å². The van der Waals surface area contributed by atoms with Crippen LogP contribution in [0.2, 0.25) is 0 Å². The Morgan fingerprint density at radius 2 is 2.18 bits per heavy atom. The van der Waals surface area contributed by atoms with E-state index in [1.165, 1.54) is 25.7 Å². The molecular weight excluding hydrogens is 278 g/mol. The third kappa shape index (κ3) is 4.03. The number of morpholine rings is 1. The lowest BCUT2D eigenvalue weighted by Crippen LogP contribution is -2.49. The van der Waals surface area contributed by atoms with E-state index in [1.807, 2.05) is 0 Å². The summed E-state index contributed by atoms with van der Waals surface area (Å²) in [5, 5.41) is 0. The maximum atomic E-state index is 12.6. The first-order valence-corrected chi connectivity index (χ1v) is 8.45. The van der Waals surface area contributed by atoms with E-state index >= 15 is 0 Å². The Bertz CT molecular complexity index is 474. The van der Waals surface area contributed by atoms with Gasteiger partial charge in [-0.2, -0.15) is 0 Å². The molecule has 2 aliphatic rings. The minimum atomic E-state index is 0.185. The van der Waals surface area contributed by atoms with E-state index in [9.17, 15) is 4.79 Å². The third-order valence-corrected chi connectivity index (χ3v) is 4.84. The molecule has 3 rings (SSSR count). The summed E-state index contributed by atoms with van der Waals surface area (Å²) < 4.78 is 5.59. The second-order valence-electron chi connectivity index (χ2n) is 6.41. The fourth-order valence-corrected chi connectivity index (χ4v) is 3.57. The van der Waals surface area contributed by atoms with Crippen LogP contribution in [-0.2, 0) is 16.0 Å². The summed E-state index contributed by atoms with van der Waals surface area (Å²) in [4.78, 5) is 23.1. The Balaban J connectivity index is 1.54. The smallest absolute Gasteiger partial charge is 0.223 e. The number of hydrogen-bond donors (Lipinski definition) is 0. The summed E-state index contributed by atoms with van der Waals surface area (Å²) in [6, 6.07) is 0.185. The van der Waals surface area contributed by atoms with Crippen molar-refractivity contribution in [2.45, 2.75) is 51.0 Å². The molecule has 1 aliphatic carbocycles. The lowest BCUT2D eigenvalue weighted by atomic mass is 10.0. The summed E-state index contributed by atoms with van der Waals surface area (Å²) in [6.07, 6.45) is 12.7. The van der Waals surface area contributed by atoms with Crippen molar-refractivity contribution in [3.63, 3.8) is 0 Å². The Labute approximate surface area is 132 Å². The quantitative estimate of drug-likeness (QED) is 0.837. The molecule has 1 aromatic rings. The van der Waals surface area contributed by atoms with Crippen molar-refractivity contribution in [2.24, 2.45) is 5.92 Å². The molecule has 22 heavy (non-hydrogen) atoms. The summed E-state index contributed by atoms with van der Waals surface area (Å²) in [7, 11) is 0. The average Bonchev–Trinajstić information content (AvgIpc) is 3.07. The molecule has 2 fully saturated rings. The van der Waals surface area contributed by atoms with Gasteiger partial charge in [-0.05, 0) is 31.6 Å². The molecule has 1 saturated carbocycles. The molecule has 2 heterocycles. The fraction of sp³-hybridized carbons (Fsp3) is 0.706. The molecule has 1 aromatic heterocycles. The highest BCUT2D eigenvalue weighted by Crippen LogP contribution is 2.28. The van der Waals surface area contributed by atoms with E-state index in [-0.39, 0.29) is 6.04 Å². The van der Waals surface area contributed by atoms with Gasteiger partial charge in [0.25, 0.3) is 0 Å². The van der Waals surface area contributed by atoms with E-state index in [2.05, 4.69) is 14.9 Å². The molecule has 120 valence electrons. The van der Waals surface area contributed by atoms with Gasteiger partial charge in [0.2, 0.25) is 5.91 Å². The van der Waals surface area contributed by atoms with E-state index in [4.69, 9.17) is 4.74 Å². The number of carbonyl (C=O) groups excluding carboxylic acids is 1. The number of aryl methyl sites for hydroxylation is 1. The Kier molecular flexibility index (Phi) is 5.38. The van der Waals surface area contributed by atoms with Crippen LogP contribution in [0.4, 0.5) is 0 Å². The molecule has 1 amide bonds. The van der Waals surface area contributed by atoms with Crippen LogP contribution in [0.25, 0.3) is 0 Å². The normalized spacial score (nSPS) is 22.9. The molecule has 0 spiro atoms. The predicted octanol–water partition coefficient (Wildman–Crippen LogP) is 2.22. The molecule has 5 nitrogen and oxygen atoms in total. The standard InChI is InChI=1S/C17H25N3O2/c21-17(11-14-3-1-2-4-14)20-9-10-22-13-16(20)6-5-15-12-18-7-8-19-15/h7-8,12,14,16H,1-6,9-11,13H2. The third-order valence-electron chi connectivity index (χ3n) is 4.84. The molecule has 1 unspecified atom stereocenters. The van der Waals surface area contributed by atoms with Crippen molar-refractivity contribution in [1.29, 1.82) is 0 Å².